The van der Waals surface area contributed by atoms with Crippen molar-refractivity contribution >= 4 is 6.01 Å². The second-order valence-electron chi connectivity index (χ2n) is 6.60. The van der Waals surface area contributed by atoms with Crippen molar-refractivity contribution in [2.45, 2.75) is 64.2 Å². The Balaban J connectivity index is 1.47. The van der Waals surface area contributed by atoms with Gasteiger partial charge >= 0.3 is 6.01 Å². The maximum atomic E-state index is 6.37. The fourth-order valence-electron chi connectivity index (χ4n) is 3.42. The predicted octanol–water partition coefficient (Wildman–Crippen LogP) is 2.21. The Morgan fingerprint density at radius 1 is 1.29 bits per heavy atom. The molecule has 0 amide bonds. The van der Waals surface area contributed by atoms with Crippen molar-refractivity contribution in [2.24, 2.45) is 0 Å². The number of likely N-dealkylation sites (tertiary alicyclic amines) is 1. The van der Waals surface area contributed by atoms with Crippen molar-refractivity contribution in [3.05, 3.63) is 5.89 Å². The highest BCUT2D eigenvalue weighted by molar-refractivity contribution is 5.17. The van der Waals surface area contributed by atoms with Crippen molar-refractivity contribution < 1.29 is 9.15 Å². The first kappa shape index (κ1) is 14.8. The summed E-state index contributed by atoms with van der Waals surface area (Å²) in [5.41, 5.74) is 0.114. The highest BCUT2D eigenvalue weighted by atomic mass is 16.5. The lowest BCUT2D eigenvalue weighted by atomic mass is 9.88. The molecule has 2 saturated heterocycles. The van der Waals surface area contributed by atoms with E-state index in [0.717, 1.165) is 38.9 Å². The summed E-state index contributed by atoms with van der Waals surface area (Å²) in [6.07, 6.45) is 4.85. The zero-order valence-corrected chi connectivity index (χ0v) is 13.3. The second-order valence-corrected chi connectivity index (χ2v) is 6.60. The number of anilines is 1. The fraction of sp³-hybridized carbons (Fsp3) is 0.867. The van der Waals surface area contributed by atoms with Gasteiger partial charge in [-0.1, -0.05) is 5.10 Å². The molecule has 0 aromatic carbocycles. The molecule has 118 valence electrons. The molecule has 6 nitrogen and oxygen atoms in total. The number of aromatic nitrogens is 2. The molecule has 1 atom stereocenters. The van der Waals surface area contributed by atoms with Gasteiger partial charge in [0, 0.05) is 32.6 Å². The van der Waals surface area contributed by atoms with Crippen molar-refractivity contribution in [1.82, 2.24) is 15.1 Å². The Bertz CT molecular complexity index is 466. The van der Waals surface area contributed by atoms with Gasteiger partial charge < -0.3 is 19.4 Å². The number of aryl methyl sites for hydroxylation is 1. The van der Waals surface area contributed by atoms with Gasteiger partial charge in [0.15, 0.2) is 0 Å². The summed E-state index contributed by atoms with van der Waals surface area (Å²) in [6, 6.07) is 1.13. The molecule has 1 N–H and O–H groups in total. The van der Waals surface area contributed by atoms with Crippen LogP contribution in [0.1, 0.15) is 45.4 Å². The number of hydrogen-bond donors (Lipinski definition) is 1. The molecule has 2 aliphatic rings. The van der Waals surface area contributed by atoms with Gasteiger partial charge in [-0.05, 0) is 39.5 Å². The van der Waals surface area contributed by atoms with Gasteiger partial charge in [0.2, 0.25) is 5.89 Å². The molecular formula is C15H26N4O2. The summed E-state index contributed by atoms with van der Waals surface area (Å²) in [5, 5.41) is 10.9. The van der Waals surface area contributed by atoms with Crippen LogP contribution in [0.5, 0.6) is 0 Å². The van der Waals surface area contributed by atoms with E-state index in [4.69, 9.17) is 9.15 Å². The number of rotatable bonds is 4. The van der Waals surface area contributed by atoms with E-state index in [0.29, 0.717) is 17.9 Å². The van der Waals surface area contributed by atoms with Gasteiger partial charge in [-0.2, -0.15) is 0 Å². The van der Waals surface area contributed by atoms with E-state index in [-0.39, 0.29) is 11.7 Å². The molecular weight excluding hydrogens is 268 g/mol. The number of hydrogen-bond acceptors (Lipinski definition) is 6. The molecule has 0 saturated carbocycles. The summed E-state index contributed by atoms with van der Waals surface area (Å²) < 4.78 is 11.7. The van der Waals surface area contributed by atoms with E-state index in [1.54, 1.807) is 6.92 Å². The molecule has 6 heteroatoms. The SMILES string of the molecule is Cc1nnc(NCC2CCC3(CCN(C(C)C)CC3)O2)o1. The Hall–Kier alpha value is -1.14. The minimum atomic E-state index is 0.114. The minimum Gasteiger partial charge on any atom is -0.408 e. The van der Waals surface area contributed by atoms with Crippen LogP contribution in [0.2, 0.25) is 0 Å². The first-order chi connectivity index (χ1) is 10.1. The third-order valence-corrected chi connectivity index (χ3v) is 4.79. The van der Waals surface area contributed by atoms with Gasteiger partial charge in [0.25, 0.3) is 0 Å². The normalized spacial score (nSPS) is 25.8. The molecule has 1 aromatic rings. The second kappa shape index (κ2) is 5.93. The molecule has 2 aliphatic heterocycles. The highest BCUT2D eigenvalue weighted by Gasteiger charge is 2.42. The molecule has 1 unspecified atom stereocenters. The maximum absolute atomic E-state index is 6.37. The topological polar surface area (TPSA) is 63.4 Å². The zero-order valence-electron chi connectivity index (χ0n) is 13.3. The maximum Gasteiger partial charge on any atom is 0.315 e. The van der Waals surface area contributed by atoms with Gasteiger partial charge in [0.05, 0.1) is 11.7 Å². The largest absolute Gasteiger partial charge is 0.408 e. The molecule has 2 fully saturated rings. The molecule has 3 heterocycles. The molecule has 0 aliphatic carbocycles. The van der Waals surface area contributed by atoms with Crippen LogP contribution in [0.25, 0.3) is 0 Å². The number of ether oxygens (including phenoxy) is 1. The van der Waals surface area contributed by atoms with Crippen LogP contribution in [-0.2, 0) is 4.74 Å². The van der Waals surface area contributed by atoms with Crippen molar-refractivity contribution in [2.75, 3.05) is 25.0 Å². The standard InChI is InChI=1S/C15H26N4O2/c1-11(2)19-8-6-15(7-9-19)5-4-13(21-15)10-16-14-18-17-12(3)20-14/h11,13H,4-10H2,1-3H3,(H,16,18). The molecule has 3 rings (SSSR count). The van der Waals surface area contributed by atoms with Crippen LogP contribution < -0.4 is 5.32 Å². The third kappa shape index (κ3) is 3.37. The summed E-state index contributed by atoms with van der Waals surface area (Å²) in [5.74, 6) is 0.586. The molecule has 21 heavy (non-hydrogen) atoms. The Morgan fingerprint density at radius 2 is 2.05 bits per heavy atom. The van der Waals surface area contributed by atoms with Crippen molar-refractivity contribution in [1.29, 1.82) is 0 Å². The average molecular weight is 294 g/mol. The minimum absolute atomic E-state index is 0.114. The lowest BCUT2D eigenvalue weighted by Crippen LogP contribution is -2.47. The van der Waals surface area contributed by atoms with Crippen LogP contribution in [-0.4, -0.2) is 52.5 Å². The first-order valence-corrected chi connectivity index (χ1v) is 8.02. The van der Waals surface area contributed by atoms with Crippen molar-refractivity contribution in [3.63, 3.8) is 0 Å². The van der Waals surface area contributed by atoms with Crippen molar-refractivity contribution in [3.8, 4) is 0 Å². The van der Waals surface area contributed by atoms with Crippen LogP contribution in [0.3, 0.4) is 0 Å². The predicted molar refractivity (Wildman–Crippen MR) is 80.3 cm³/mol. The van der Waals surface area contributed by atoms with Crippen LogP contribution in [0.4, 0.5) is 6.01 Å². The van der Waals surface area contributed by atoms with E-state index in [2.05, 4.69) is 34.3 Å². The van der Waals surface area contributed by atoms with Gasteiger partial charge in [-0.15, -0.1) is 5.10 Å². The Labute approximate surface area is 126 Å². The van der Waals surface area contributed by atoms with Crippen LogP contribution >= 0.6 is 0 Å². The number of nitrogens with zero attached hydrogens (tertiary/aromatic N) is 3. The Morgan fingerprint density at radius 3 is 2.67 bits per heavy atom. The monoisotopic (exact) mass is 294 g/mol. The number of piperidine rings is 1. The van der Waals surface area contributed by atoms with Crippen LogP contribution in [0, 0.1) is 6.92 Å². The zero-order chi connectivity index (χ0) is 14.9. The molecule has 1 aromatic heterocycles. The highest BCUT2D eigenvalue weighted by Crippen LogP contribution is 2.39. The number of nitrogens with one attached hydrogen (secondary N) is 1. The van der Waals surface area contributed by atoms with Crippen LogP contribution in [0.15, 0.2) is 4.42 Å². The summed E-state index contributed by atoms with van der Waals surface area (Å²) >= 11 is 0. The van der Waals surface area contributed by atoms with E-state index >= 15 is 0 Å². The molecule has 1 spiro atoms. The van der Waals surface area contributed by atoms with E-state index < -0.39 is 0 Å². The smallest absolute Gasteiger partial charge is 0.315 e. The average Bonchev–Trinajstić information content (AvgIpc) is 3.04. The molecule has 0 bridgehead atoms. The summed E-state index contributed by atoms with van der Waals surface area (Å²) in [7, 11) is 0. The van der Waals surface area contributed by atoms with E-state index in [1.165, 1.54) is 6.42 Å². The fourth-order valence-corrected chi connectivity index (χ4v) is 3.42. The quantitative estimate of drug-likeness (QED) is 0.918. The van der Waals surface area contributed by atoms with Gasteiger partial charge in [0.1, 0.15) is 0 Å². The third-order valence-electron chi connectivity index (χ3n) is 4.79. The lowest BCUT2D eigenvalue weighted by molar-refractivity contribution is -0.0765. The van der Waals surface area contributed by atoms with E-state index in [9.17, 15) is 0 Å². The lowest BCUT2D eigenvalue weighted by Gasteiger charge is -2.40. The first-order valence-electron chi connectivity index (χ1n) is 8.02. The Kier molecular flexibility index (Phi) is 4.17. The summed E-state index contributed by atoms with van der Waals surface area (Å²) in [6.45, 7) is 9.39. The molecule has 0 radical (unpaired) electrons. The van der Waals surface area contributed by atoms with E-state index in [1.807, 2.05) is 0 Å². The van der Waals surface area contributed by atoms with Gasteiger partial charge in [-0.3, -0.25) is 0 Å². The summed E-state index contributed by atoms with van der Waals surface area (Å²) in [4.78, 5) is 2.54. The van der Waals surface area contributed by atoms with Gasteiger partial charge in [-0.25, -0.2) is 0 Å².